The molecular weight excluding hydrogens is 478 g/mol. The fraction of sp³-hybridized carbons (Fsp3) is 0.500. The molecule has 2 aromatic carbocycles. The van der Waals surface area contributed by atoms with E-state index in [2.05, 4.69) is 34.6 Å². The second kappa shape index (κ2) is 11.9. The Kier molecular flexibility index (Phi) is 8.15. The van der Waals surface area contributed by atoms with Gasteiger partial charge in [0.1, 0.15) is 30.0 Å². The largest absolute Gasteiger partial charge is 0.490 e. The number of benzene rings is 2. The van der Waals surface area contributed by atoms with Gasteiger partial charge in [0.05, 0.1) is 16.9 Å². The average molecular weight is 518 g/mol. The number of piperidine rings is 2. The van der Waals surface area contributed by atoms with Crippen LogP contribution < -0.4 is 9.47 Å². The summed E-state index contributed by atoms with van der Waals surface area (Å²) in [5.41, 5.74) is 3.13. The van der Waals surface area contributed by atoms with Crippen LogP contribution in [0.2, 0.25) is 0 Å². The predicted octanol–water partition coefficient (Wildman–Crippen LogP) is 5.17. The molecule has 1 N–H and O–H groups in total. The van der Waals surface area contributed by atoms with Crippen molar-refractivity contribution in [2.24, 2.45) is 0 Å². The van der Waals surface area contributed by atoms with E-state index in [1.165, 1.54) is 6.42 Å². The number of amides is 1. The number of nitrogens with one attached hydrogen (secondary N) is 1. The highest BCUT2D eigenvalue weighted by Crippen LogP contribution is 2.24. The molecular formula is C30H39N5O3. The molecule has 0 radical (unpaired) electrons. The van der Waals surface area contributed by atoms with Crippen LogP contribution >= 0.6 is 0 Å². The monoisotopic (exact) mass is 517 g/mol. The van der Waals surface area contributed by atoms with E-state index < -0.39 is 0 Å². The number of ether oxygens (including phenoxy) is 2. The molecule has 0 bridgehead atoms. The minimum absolute atomic E-state index is 0.174. The first-order valence-corrected chi connectivity index (χ1v) is 13.9. The van der Waals surface area contributed by atoms with Crippen LogP contribution in [0.25, 0.3) is 11.0 Å². The number of aryl methyl sites for hydroxylation is 2. The number of fused-ring (bicyclic) bond motifs is 1. The van der Waals surface area contributed by atoms with Crippen LogP contribution in [-0.2, 0) is 17.9 Å². The number of amidine groups is 1. The van der Waals surface area contributed by atoms with Gasteiger partial charge < -0.3 is 23.8 Å². The zero-order valence-electron chi connectivity index (χ0n) is 22.6. The van der Waals surface area contributed by atoms with Crippen molar-refractivity contribution in [3.63, 3.8) is 0 Å². The van der Waals surface area contributed by atoms with Crippen LogP contribution in [0.15, 0.2) is 42.5 Å². The molecule has 2 saturated heterocycles. The van der Waals surface area contributed by atoms with Crippen LogP contribution in [0.4, 0.5) is 0 Å². The maximum Gasteiger partial charge on any atom is 0.224 e. The Morgan fingerprint density at radius 1 is 0.974 bits per heavy atom. The Balaban J connectivity index is 1.21. The third kappa shape index (κ3) is 6.29. The molecule has 8 heteroatoms. The first kappa shape index (κ1) is 26.1. The maximum absolute atomic E-state index is 12.8. The van der Waals surface area contributed by atoms with Crippen LogP contribution in [0.5, 0.6) is 11.5 Å². The van der Waals surface area contributed by atoms with E-state index in [-0.39, 0.29) is 12.0 Å². The van der Waals surface area contributed by atoms with E-state index >= 15 is 0 Å². The summed E-state index contributed by atoms with van der Waals surface area (Å²) in [6.45, 7) is 8.31. The fourth-order valence-corrected chi connectivity index (χ4v) is 5.42. The van der Waals surface area contributed by atoms with E-state index in [0.717, 1.165) is 85.8 Å². The second-order valence-corrected chi connectivity index (χ2v) is 10.5. The molecule has 3 aromatic rings. The number of carbonyl (C=O) groups is 1. The van der Waals surface area contributed by atoms with Crippen LogP contribution in [0, 0.1) is 12.3 Å². The maximum atomic E-state index is 12.8. The number of nitrogens with zero attached hydrogens (tertiary/aromatic N) is 4. The highest BCUT2D eigenvalue weighted by molar-refractivity contribution is 5.79. The summed E-state index contributed by atoms with van der Waals surface area (Å²) in [5.74, 6) is 3.26. The SMILES string of the molecule is CC(=N)N1CCC(Oc2ccc(OCc3nc4cc(C)ccc4n3CCC(=O)N3CCCCC3)cc2)CC1. The number of rotatable bonds is 8. The molecule has 38 heavy (non-hydrogen) atoms. The van der Waals surface area contributed by atoms with Gasteiger partial charge in [-0.1, -0.05) is 6.07 Å². The summed E-state index contributed by atoms with van der Waals surface area (Å²) in [5, 5.41) is 7.79. The molecule has 2 fully saturated rings. The van der Waals surface area contributed by atoms with Gasteiger partial charge in [0.25, 0.3) is 0 Å². The summed E-state index contributed by atoms with van der Waals surface area (Å²) in [4.78, 5) is 21.8. The molecule has 202 valence electrons. The molecule has 1 amide bonds. The lowest BCUT2D eigenvalue weighted by atomic mass is 10.1. The number of hydrogen-bond donors (Lipinski definition) is 1. The zero-order valence-corrected chi connectivity index (χ0v) is 22.6. The van der Waals surface area contributed by atoms with Gasteiger partial charge in [-0.3, -0.25) is 10.2 Å². The highest BCUT2D eigenvalue weighted by atomic mass is 16.5. The van der Waals surface area contributed by atoms with E-state index in [4.69, 9.17) is 19.9 Å². The Morgan fingerprint density at radius 3 is 2.39 bits per heavy atom. The van der Waals surface area contributed by atoms with Gasteiger partial charge in [0.2, 0.25) is 5.91 Å². The zero-order chi connectivity index (χ0) is 26.5. The Labute approximate surface area is 225 Å². The van der Waals surface area contributed by atoms with Gasteiger partial charge in [-0.15, -0.1) is 0 Å². The lowest BCUT2D eigenvalue weighted by Gasteiger charge is -2.32. The quantitative estimate of drug-likeness (QED) is 0.329. The molecule has 1 aromatic heterocycles. The van der Waals surface area contributed by atoms with Crippen molar-refractivity contribution in [1.82, 2.24) is 19.4 Å². The summed E-state index contributed by atoms with van der Waals surface area (Å²) in [6, 6.07) is 14.0. The van der Waals surface area contributed by atoms with Crippen LogP contribution in [0.3, 0.4) is 0 Å². The van der Waals surface area contributed by atoms with Gasteiger partial charge in [-0.05, 0) is 75.1 Å². The van der Waals surface area contributed by atoms with Crippen molar-refractivity contribution in [3.8, 4) is 11.5 Å². The molecule has 2 aliphatic rings. The van der Waals surface area contributed by atoms with Crippen molar-refractivity contribution in [2.75, 3.05) is 26.2 Å². The van der Waals surface area contributed by atoms with Crippen molar-refractivity contribution in [1.29, 1.82) is 5.41 Å². The van der Waals surface area contributed by atoms with E-state index in [1.807, 2.05) is 36.1 Å². The number of imidazole rings is 1. The van der Waals surface area contributed by atoms with Gasteiger partial charge in [0.15, 0.2) is 0 Å². The third-order valence-corrected chi connectivity index (χ3v) is 7.65. The molecule has 2 aliphatic heterocycles. The molecule has 3 heterocycles. The summed E-state index contributed by atoms with van der Waals surface area (Å²) in [7, 11) is 0. The number of carbonyl (C=O) groups excluding carboxylic acids is 1. The Hall–Kier alpha value is -3.55. The van der Waals surface area contributed by atoms with Crippen LogP contribution in [-0.4, -0.2) is 63.4 Å². The molecule has 0 spiro atoms. The van der Waals surface area contributed by atoms with E-state index in [0.29, 0.717) is 25.4 Å². The Morgan fingerprint density at radius 2 is 1.68 bits per heavy atom. The number of aromatic nitrogens is 2. The van der Waals surface area contributed by atoms with Gasteiger partial charge >= 0.3 is 0 Å². The normalized spacial score (nSPS) is 16.6. The fourth-order valence-electron chi connectivity index (χ4n) is 5.42. The van der Waals surface area contributed by atoms with Crippen molar-refractivity contribution < 1.29 is 14.3 Å². The topological polar surface area (TPSA) is 83.7 Å². The van der Waals surface area contributed by atoms with Crippen LogP contribution in [0.1, 0.15) is 56.8 Å². The smallest absolute Gasteiger partial charge is 0.224 e. The highest BCUT2D eigenvalue weighted by Gasteiger charge is 2.21. The number of hydrogen-bond acceptors (Lipinski definition) is 5. The molecule has 0 atom stereocenters. The standard InChI is InChI=1S/C30H39N5O3/c1-22-6-11-28-27(20-22)32-29(35(28)19-14-30(36)34-15-4-3-5-16-34)21-37-24-7-9-25(10-8-24)38-26-12-17-33(18-13-26)23(2)31/h6-11,20,26,31H,3-5,12-19,21H2,1-2H3. The molecule has 0 saturated carbocycles. The predicted molar refractivity (Wildman–Crippen MR) is 149 cm³/mol. The van der Waals surface area contributed by atoms with Crippen molar-refractivity contribution in [3.05, 3.63) is 53.9 Å². The lowest BCUT2D eigenvalue weighted by molar-refractivity contribution is -0.132. The molecule has 8 nitrogen and oxygen atoms in total. The minimum Gasteiger partial charge on any atom is -0.490 e. The second-order valence-electron chi connectivity index (χ2n) is 10.5. The van der Waals surface area contributed by atoms with Gasteiger partial charge in [-0.2, -0.15) is 0 Å². The summed E-state index contributed by atoms with van der Waals surface area (Å²) in [6.07, 6.45) is 5.91. The van der Waals surface area contributed by atoms with E-state index in [1.54, 1.807) is 0 Å². The first-order chi connectivity index (χ1) is 18.5. The van der Waals surface area contributed by atoms with Crippen molar-refractivity contribution in [2.45, 2.75) is 71.6 Å². The first-order valence-electron chi connectivity index (χ1n) is 13.9. The van der Waals surface area contributed by atoms with Crippen molar-refractivity contribution >= 4 is 22.8 Å². The molecule has 0 aliphatic carbocycles. The van der Waals surface area contributed by atoms with Gasteiger partial charge in [-0.25, -0.2) is 4.98 Å². The molecule has 0 unspecified atom stereocenters. The third-order valence-electron chi connectivity index (χ3n) is 7.65. The summed E-state index contributed by atoms with van der Waals surface area (Å²) < 4.78 is 14.4. The lowest BCUT2D eigenvalue weighted by Crippen LogP contribution is -2.40. The number of likely N-dealkylation sites (tertiary alicyclic amines) is 2. The minimum atomic E-state index is 0.174. The van der Waals surface area contributed by atoms with Gasteiger partial charge in [0, 0.05) is 52.0 Å². The summed E-state index contributed by atoms with van der Waals surface area (Å²) >= 11 is 0. The average Bonchev–Trinajstić information content (AvgIpc) is 3.28. The van der Waals surface area contributed by atoms with E-state index in [9.17, 15) is 4.79 Å². The Bertz CT molecular complexity index is 1250. The molecule has 5 rings (SSSR count).